The van der Waals surface area contributed by atoms with Gasteiger partial charge in [-0.3, -0.25) is 0 Å². The average Bonchev–Trinajstić information content (AvgIpc) is 3.35. The van der Waals surface area contributed by atoms with Crippen molar-refractivity contribution in [2.24, 2.45) is 0 Å². The molecule has 0 aliphatic rings. The fourth-order valence-electron chi connectivity index (χ4n) is 2.00. The van der Waals surface area contributed by atoms with Crippen LogP contribution in [0.1, 0.15) is 0 Å². The van der Waals surface area contributed by atoms with E-state index in [1.807, 2.05) is 0 Å². The summed E-state index contributed by atoms with van der Waals surface area (Å²) in [5.74, 6) is 160. The van der Waals surface area contributed by atoms with Gasteiger partial charge in [0.1, 0.15) is 0 Å². The lowest BCUT2D eigenvalue weighted by molar-refractivity contribution is 1.55. The van der Waals surface area contributed by atoms with E-state index in [2.05, 4.69) is 385 Å². The predicted molar refractivity (Wildman–Crippen MR) is 263 cm³/mol. The zero-order chi connectivity index (χ0) is 48.7. The van der Waals surface area contributed by atoms with Crippen molar-refractivity contribution in [3.05, 3.63) is 0 Å². The standard InChI is InChI=1S/C67HN/c1-2-3-4-5-6-7-8-9-10-11-12-13-14-15-16-17-18-19-20-21-22-23-24-25-26-27-28-29-30-31-32-33-34-35-36-37-38-39-40-41-42-43-44-45-46-47-48-49-50-51-52-53-54-55-56-57-58-59-60-61-62-63-64-65-66-67-68/h1H. The number of nitriles is 1. The average molecular weight is 820 g/mol. The maximum absolute atomic E-state index is 8.21. The fourth-order valence-corrected chi connectivity index (χ4v) is 2.00. The van der Waals surface area contributed by atoms with Crippen LogP contribution in [0.25, 0.3) is 0 Å². The first-order valence-corrected chi connectivity index (χ1v) is 16.8. The molecular weight excluding hydrogens is 819 g/mol. The van der Waals surface area contributed by atoms with Crippen LogP contribution in [0.5, 0.6) is 0 Å². The van der Waals surface area contributed by atoms with Crippen molar-refractivity contribution >= 4 is 0 Å². The van der Waals surface area contributed by atoms with Crippen LogP contribution in [0, 0.1) is 403 Å². The molecule has 0 aliphatic carbocycles. The molecule has 0 amide bonds. The molecule has 0 saturated carbocycles. The normalized spacial score (nSPS) is 3.91. The third-order valence-corrected chi connectivity index (χ3v) is 4.07. The lowest BCUT2D eigenvalue weighted by Gasteiger charge is -1.57. The first kappa shape index (κ1) is 53.0. The summed E-state index contributed by atoms with van der Waals surface area (Å²) in [6.45, 7) is 0. The Morgan fingerprint density at radius 2 is 0.191 bits per heavy atom. The van der Waals surface area contributed by atoms with Crippen LogP contribution < -0.4 is 0 Å². The van der Waals surface area contributed by atoms with Gasteiger partial charge in [-0.15, -0.1) is 6.42 Å². The molecule has 0 heterocycles. The van der Waals surface area contributed by atoms with Crippen molar-refractivity contribution in [2.45, 2.75) is 0 Å². The zero-order valence-electron chi connectivity index (χ0n) is 34.0. The molecule has 0 spiro atoms. The molecule has 0 N–H and O–H groups in total. The van der Waals surface area contributed by atoms with E-state index in [4.69, 9.17) is 11.7 Å². The Balaban J connectivity index is 4.60. The van der Waals surface area contributed by atoms with E-state index in [1.54, 1.807) is 6.07 Å². The highest BCUT2D eigenvalue weighted by Crippen LogP contribution is 1.64. The van der Waals surface area contributed by atoms with Gasteiger partial charge in [0.15, 0.2) is 6.07 Å². The van der Waals surface area contributed by atoms with Gasteiger partial charge in [-0.25, -0.2) is 0 Å². The number of nitrogens with zero attached hydrogens (tertiary/aromatic N) is 1. The molecular formula is C67HN. The van der Waals surface area contributed by atoms with Gasteiger partial charge in [-0.2, -0.15) is 5.26 Å². The Hall–Kier alpha value is -15.0. The van der Waals surface area contributed by atoms with E-state index in [9.17, 15) is 0 Å². The summed E-state index contributed by atoms with van der Waals surface area (Å²) in [5.41, 5.74) is 0. The van der Waals surface area contributed by atoms with Crippen molar-refractivity contribution < 1.29 is 0 Å². The van der Waals surface area contributed by atoms with Gasteiger partial charge in [0.05, 0.1) is 0 Å². The topological polar surface area (TPSA) is 23.8 Å². The monoisotopic (exact) mass is 819 g/mol. The molecule has 0 atom stereocenters. The first-order valence-electron chi connectivity index (χ1n) is 16.8. The predicted octanol–water partition coefficient (Wildman–Crippen LogP) is 0.252. The molecule has 0 bridgehead atoms. The molecule has 0 rings (SSSR count). The van der Waals surface area contributed by atoms with Gasteiger partial charge in [-0.1, -0.05) is 0 Å². The Bertz CT molecular complexity index is 4170. The molecule has 0 aliphatic heterocycles. The summed E-state index contributed by atoms with van der Waals surface area (Å²) in [6, 6.07) is 1.62. The lowest BCUT2D eigenvalue weighted by atomic mass is 10.4. The van der Waals surface area contributed by atoms with Crippen LogP contribution in [0.2, 0.25) is 0 Å². The van der Waals surface area contributed by atoms with Gasteiger partial charge >= 0.3 is 0 Å². The molecule has 0 aromatic carbocycles. The van der Waals surface area contributed by atoms with E-state index >= 15 is 0 Å². The quantitative estimate of drug-likeness (QED) is 0.322. The van der Waals surface area contributed by atoms with E-state index in [0.717, 1.165) is 0 Å². The summed E-state index contributed by atoms with van der Waals surface area (Å²) >= 11 is 0. The second-order valence-corrected chi connectivity index (χ2v) is 8.26. The Labute approximate surface area is 400 Å². The highest BCUT2D eigenvalue weighted by Gasteiger charge is 1.64. The third kappa shape index (κ3) is 51.0. The SMILES string of the molecule is C#CC#CC#CC#CC#CC#CC#CC#CC#CC#CC#CC#CC#CC#CC#CC#CC#CC#CC#CC#CC#CC#CC#CC#CC#CC#CC#CC#CC#CC#CC#CC#CC#CC#N. The van der Waals surface area contributed by atoms with E-state index < -0.39 is 0 Å². The molecule has 0 saturated heterocycles. The summed E-state index contributed by atoms with van der Waals surface area (Å²) < 4.78 is 0. The van der Waals surface area contributed by atoms with Gasteiger partial charge in [0.2, 0.25) is 0 Å². The van der Waals surface area contributed by atoms with Crippen molar-refractivity contribution in [3.63, 3.8) is 0 Å². The van der Waals surface area contributed by atoms with Crippen LogP contribution in [0.3, 0.4) is 0 Å². The number of rotatable bonds is 0. The molecule has 274 valence electrons. The minimum absolute atomic E-state index is 1.62. The minimum Gasteiger partial charge on any atom is -0.183 e. The van der Waals surface area contributed by atoms with E-state index in [1.165, 1.54) is 0 Å². The van der Waals surface area contributed by atoms with Gasteiger partial charge in [0, 0.05) is 337 Å². The van der Waals surface area contributed by atoms with Crippen LogP contribution in [0.4, 0.5) is 0 Å². The van der Waals surface area contributed by atoms with Gasteiger partial charge in [-0.05, 0) is 47.4 Å². The highest BCUT2D eigenvalue weighted by molar-refractivity contribution is 5.52. The summed E-state index contributed by atoms with van der Waals surface area (Å²) in [6.07, 6.45) is 4.94. The minimum atomic E-state index is 1.62. The number of hydrogen-bond donors (Lipinski definition) is 0. The van der Waals surface area contributed by atoms with E-state index in [-0.39, 0.29) is 0 Å². The Kier molecular flexibility index (Phi) is 40.5. The molecule has 0 unspecified atom stereocenters. The van der Waals surface area contributed by atoms with Crippen LogP contribution in [-0.4, -0.2) is 0 Å². The second kappa shape index (κ2) is 52.0. The second-order valence-electron chi connectivity index (χ2n) is 8.26. The van der Waals surface area contributed by atoms with Crippen LogP contribution in [0.15, 0.2) is 0 Å². The van der Waals surface area contributed by atoms with Crippen molar-refractivity contribution in [2.75, 3.05) is 0 Å². The summed E-state index contributed by atoms with van der Waals surface area (Å²) in [4.78, 5) is 0. The molecule has 1 heteroatoms. The molecule has 0 aromatic rings. The van der Waals surface area contributed by atoms with Crippen molar-refractivity contribution in [1.82, 2.24) is 0 Å². The van der Waals surface area contributed by atoms with Crippen molar-refractivity contribution in [1.29, 1.82) is 5.26 Å². The van der Waals surface area contributed by atoms with E-state index in [0.29, 0.717) is 0 Å². The molecule has 0 radical (unpaired) electrons. The van der Waals surface area contributed by atoms with Crippen LogP contribution >= 0.6 is 0 Å². The van der Waals surface area contributed by atoms with Crippen LogP contribution in [-0.2, 0) is 0 Å². The smallest absolute Gasteiger partial charge is 0.153 e. The fraction of sp³-hybridized carbons (Fsp3) is 0. The highest BCUT2D eigenvalue weighted by atomic mass is 14.2. The largest absolute Gasteiger partial charge is 0.183 e. The van der Waals surface area contributed by atoms with Crippen molar-refractivity contribution in [3.8, 4) is 397 Å². The maximum atomic E-state index is 8.21. The van der Waals surface area contributed by atoms with Gasteiger partial charge < -0.3 is 0 Å². The molecule has 1 nitrogen and oxygen atoms in total. The number of hydrogen-bond acceptors (Lipinski definition) is 1. The zero-order valence-corrected chi connectivity index (χ0v) is 34.0. The molecule has 0 aromatic heterocycles. The summed E-state index contributed by atoms with van der Waals surface area (Å²) in [7, 11) is 0. The van der Waals surface area contributed by atoms with Gasteiger partial charge in [0.25, 0.3) is 0 Å². The molecule has 68 heavy (non-hydrogen) atoms. The lowest BCUT2D eigenvalue weighted by Crippen LogP contribution is -1.57. The Morgan fingerprint density at radius 1 is 0.118 bits per heavy atom. The maximum Gasteiger partial charge on any atom is 0.153 e. The molecule has 0 fully saturated rings. The summed E-state index contributed by atoms with van der Waals surface area (Å²) in [5, 5.41) is 8.21. The number of terminal acetylenes is 1. The Morgan fingerprint density at radius 3 is 0.265 bits per heavy atom. The third-order valence-electron chi connectivity index (χ3n) is 4.07. The first-order chi connectivity index (χ1) is 33.9.